The van der Waals surface area contributed by atoms with Gasteiger partial charge in [0.15, 0.2) is 6.29 Å². The van der Waals surface area contributed by atoms with Gasteiger partial charge in [0.25, 0.3) is 0 Å². The number of nitrogens with zero attached hydrogens (tertiary/aromatic N) is 2. The van der Waals surface area contributed by atoms with Gasteiger partial charge in [0.2, 0.25) is 0 Å². The Morgan fingerprint density at radius 2 is 1.49 bits per heavy atom. The van der Waals surface area contributed by atoms with Crippen LogP contribution in [0, 0.1) is 0 Å². The van der Waals surface area contributed by atoms with E-state index in [2.05, 4.69) is 24.3 Å². The quantitative estimate of drug-likeness (QED) is 0.151. The van der Waals surface area contributed by atoms with Crippen LogP contribution in [0.1, 0.15) is 76.3 Å². The first-order valence-corrected chi connectivity index (χ1v) is 16.8. The molecule has 3 N–H and O–H groups in total. The number of aliphatic hydroxyl groups excluding tert-OH is 2. The van der Waals surface area contributed by atoms with Gasteiger partial charge in [-0.25, -0.2) is 4.79 Å². The van der Waals surface area contributed by atoms with Gasteiger partial charge < -0.3 is 39.2 Å². The summed E-state index contributed by atoms with van der Waals surface area (Å²) in [4.78, 5) is 27.9. The van der Waals surface area contributed by atoms with Crippen molar-refractivity contribution < 1.29 is 43.9 Å². The standard InChI is InChI=1S/C36H52N2O9/c1-36(2,3)47-34(42)17-21-44-23-24-45-22-20-38(32(39)13-8-14-33(40)41)26-15-18-37(19-16-26)35(43)46-25-31-29-11-6-4-9-27(29)28-10-5-7-12-30(28)31/h4-7,9-12,26,31-32,34,39,42H,8,13-25H2,1-3H3,(H,40,41). The van der Waals surface area contributed by atoms with Crippen molar-refractivity contribution in [3.8, 4) is 11.1 Å². The van der Waals surface area contributed by atoms with E-state index < -0.39 is 24.1 Å². The Morgan fingerprint density at radius 1 is 0.894 bits per heavy atom. The number of likely N-dealkylation sites (tertiary alicyclic amines) is 1. The van der Waals surface area contributed by atoms with E-state index in [1.807, 2.05) is 49.9 Å². The second-order valence-corrected chi connectivity index (χ2v) is 13.2. The average molecular weight is 657 g/mol. The van der Waals surface area contributed by atoms with E-state index in [9.17, 15) is 19.8 Å². The van der Waals surface area contributed by atoms with E-state index in [4.69, 9.17) is 24.1 Å². The van der Waals surface area contributed by atoms with Crippen molar-refractivity contribution in [2.45, 2.75) is 89.4 Å². The summed E-state index contributed by atoms with van der Waals surface area (Å²) in [5.74, 6) is -0.888. The molecule has 0 saturated carbocycles. The van der Waals surface area contributed by atoms with Crippen LogP contribution in [0.3, 0.4) is 0 Å². The summed E-state index contributed by atoms with van der Waals surface area (Å²) in [7, 11) is 0. The largest absolute Gasteiger partial charge is 0.481 e. The first kappa shape index (κ1) is 36.8. The van der Waals surface area contributed by atoms with Gasteiger partial charge in [-0.15, -0.1) is 0 Å². The molecule has 1 amide bonds. The molecular formula is C36H52N2O9. The number of carbonyl (C=O) groups is 2. The maximum Gasteiger partial charge on any atom is 0.409 e. The Morgan fingerprint density at radius 3 is 2.09 bits per heavy atom. The summed E-state index contributed by atoms with van der Waals surface area (Å²) in [6.45, 7) is 8.80. The zero-order chi connectivity index (χ0) is 33.8. The van der Waals surface area contributed by atoms with Crippen molar-refractivity contribution in [3.63, 3.8) is 0 Å². The zero-order valence-electron chi connectivity index (χ0n) is 28.0. The summed E-state index contributed by atoms with van der Waals surface area (Å²) in [6.07, 6.45) is 0.333. The van der Waals surface area contributed by atoms with Crippen LogP contribution in [-0.4, -0.2) is 114 Å². The highest BCUT2D eigenvalue weighted by atomic mass is 16.6. The lowest BCUT2D eigenvalue weighted by atomic mass is 9.98. The van der Waals surface area contributed by atoms with E-state index >= 15 is 0 Å². The Balaban J connectivity index is 1.21. The molecule has 0 spiro atoms. The summed E-state index contributed by atoms with van der Waals surface area (Å²) in [5, 5.41) is 30.0. The third-order valence-corrected chi connectivity index (χ3v) is 8.63. The fourth-order valence-electron chi connectivity index (χ4n) is 6.39. The van der Waals surface area contributed by atoms with Crippen molar-refractivity contribution in [1.29, 1.82) is 0 Å². The number of fused-ring (bicyclic) bond motifs is 3. The number of carboxylic acids is 1. The Bertz CT molecular complexity index is 1230. The Labute approximate surface area is 278 Å². The molecule has 0 bridgehead atoms. The van der Waals surface area contributed by atoms with Crippen LogP contribution in [0.4, 0.5) is 4.79 Å². The molecule has 2 aliphatic rings. The van der Waals surface area contributed by atoms with Crippen LogP contribution >= 0.6 is 0 Å². The lowest BCUT2D eigenvalue weighted by Gasteiger charge is -2.40. The van der Waals surface area contributed by atoms with E-state index in [-0.39, 0.29) is 31.1 Å². The topological polar surface area (TPSA) is 138 Å². The molecule has 2 atom stereocenters. The maximum absolute atomic E-state index is 13.1. The third kappa shape index (κ3) is 11.3. The van der Waals surface area contributed by atoms with Gasteiger partial charge in [0.1, 0.15) is 12.8 Å². The lowest BCUT2D eigenvalue weighted by molar-refractivity contribution is -0.173. The summed E-state index contributed by atoms with van der Waals surface area (Å²) < 4.78 is 22.7. The number of aliphatic hydroxyl groups is 2. The highest BCUT2D eigenvalue weighted by molar-refractivity contribution is 5.79. The van der Waals surface area contributed by atoms with Crippen molar-refractivity contribution in [3.05, 3.63) is 59.7 Å². The SMILES string of the molecule is CC(C)(C)OC(O)CCOCCOCCN(C(O)CCCC(=O)O)C1CCN(C(=O)OCC2c3ccccc3-c3ccccc32)CC1. The minimum absolute atomic E-state index is 0.000177. The zero-order valence-corrected chi connectivity index (χ0v) is 28.0. The average Bonchev–Trinajstić information content (AvgIpc) is 3.35. The Hall–Kier alpha value is -3.06. The summed E-state index contributed by atoms with van der Waals surface area (Å²) in [6, 6.07) is 16.5. The van der Waals surface area contributed by atoms with Crippen molar-refractivity contribution in [2.75, 3.05) is 52.7 Å². The number of amides is 1. The van der Waals surface area contributed by atoms with E-state index in [1.165, 1.54) is 22.3 Å². The first-order chi connectivity index (χ1) is 22.5. The molecule has 1 aliphatic heterocycles. The molecule has 2 unspecified atom stereocenters. The van der Waals surface area contributed by atoms with Crippen LogP contribution in [0.2, 0.25) is 0 Å². The van der Waals surface area contributed by atoms with Crippen LogP contribution in [0.15, 0.2) is 48.5 Å². The monoisotopic (exact) mass is 656 g/mol. The van der Waals surface area contributed by atoms with E-state index in [1.54, 1.807) is 4.90 Å². The van der Waals surface area contributed by atoms with Crippen molar-refractivity contribution in [2.24, 2.45) is 0 Å². The normalized spacial score (nSPS) is 16.6. The highest BCUT2D eigenvalue weighted by Gasteiger charge is 2.33. The molecule has 4 rings (SSSR count). The molecule has 1 aliphatic carbocycles. The van der Waals surface area contributed by atoms with Gasteiger partial charge in [0, 0.05) is 44.4 Å². The molecule has 260 valence electrons. The third-order valence-electron chi connectivity index (χ3n) is 8.63. The molecule has 1 heterocycles. The molecule has 2 aromatic rings. The van der Waals surface area contributed by atoms with Gasteiger partial charge in [0.05, 0.1) is 32.0 Å². The maximum atomic E-state index is 13.1. The second-order valence-electron chi connectivity index (χ2n) is 13.2. The van der Waals surface area contributed by atoms with Gasteiger partial charge in [-0.1, -0.05) is 48.5 Å². The number of hydrogen-bond donors (Lipinski definition) is 3. The molecule has 0 aromatic heterocycles. The summed E-state index contributed by atoms with van der Waals surface area (Å²) >= 11 is 0. The van der Waals surface area contributed by atoms with Crippen molar-refractivity contribution in [1.82, 2.24) is 9.80 Å². The minimum Gasteiger partial charge on any atom is -0.481 e. The smallest absolute Gasteiger partial charge is 0.409 e. The van der Waals surface area contributed by atoms with Gasteiger partial charge in [-0.05, 0) is 68.7 Å². The van der Waals surface area contributed by atoms with Gasteiger partial charge in [-0.3, -0.25) is 9.69 Å². The minimum atomic E-state index is -0.888. The molecule has 11 heteroatoms. The molecule has 47 heavy (non-hydrogen) atoms. The number of carboxylic acid groups (broad SMARTS) is 1. The van der Waals surface area contributed by atoms with Crippen molar-refractivity contribution >= 4 is 12.1 Å². The van der Waals surface area contributed by atoms with Crippen LogP contribution in [0.5, 0.6) is 0 Å². The number of ether oxygens (including phenoxy) is 4. The number of carbonyl (C=O) groups excluding carboxylic acids is 1. The number of benzene rings is 2. The number of aliphatic carboxylic acids is 1. The molecule has 1 saturated heterocycles. The fraction of sp³-hybridized carbons (Fsp3) is 0.611. The van der Waals surface area contributed by atoms with Gasteiger partial charge in [-0.2, -0.15) is 0 Å². The molecule has 0 radical (unpaired) electrons. The predicted octanol–water partition coefficient (Wildman–Crippen LogP) is 4.83. The number of rotatable bonds is 18. The van der Waals surface area contributed by atoms with Gasteiger partial charge >= 0.3 is 12.1 Å². The van der Waals surface area contributed by atoms with E-state index in [0.29, 0.717) is 78.2 Å². The fourth-order valence-corrected chi connectivity index (χ4v) is 6.39. The van der Waals surface area contributed by atoms with Crippen LogP contribution in [0.25, 0.3) is 11.1 Å². The number of piperidine rings is 1. The molecule has 1 fully saturated rings. The van der Waals surface area contributed by atoms with Crippen LogP contribution in [-0.2, 0) is 23.7 Å². The first-order valence-electron chi connectivity index (χ1n) is 16.8. The summed E-state index contributed by atoms with van der Waals surface area (Å²) in [5.41, 5.74) is 4.29. The van der Waals surface area contributed by atoms with Crippen LogP contribution < -0.4 is 0 Å². The molecular weight excluding hydrogens is 604 g/mol. The molecule has 11 nitrogen and oxygen atoms in total. The second kappa shape index (κ2) is 17.9. The Kier molecular flexibility index (Phi) is 14.0. The molecule has 2 aromatic carbocycles. The lowest BCUT2D eigenvalue weighted by Crippen LogP contribution is -2.51. The highest BCUT2D eigenvalue weighted by Crippen LogP contribution is 2.44. The number of hydrogen-bond acceptors (Lipinski definition) is 9. The predicted molar refractivity (Wildman–Crippen MR) is 177 cm³/mol. The van der Waals surface area contributed by atoms with E-state index in [0.717, 1.165) is 0 Å².